The minimum Gasteiger partial charge on any atom is -0.440 e. The zero-order valence-corrected chi connectivity index (χ0v) is 28.3. The molecule has 4 atom stereocenters. The second-order valence-electron chi connectivity index (χ2n) is 13.3. The first kappa shape index (κ1) is 36.1. The van der Waals surface area contributed by atoms with Gasteiger partial charge >= 0.3 is 6.09 Å². The molecule has 1 amide bonds. The van der Waals surface area contributed by atoms with Crippen molar-refractivity contribution in [1.29, 1.82) is 0 Å². The smallest absolute Gasteiger partial charge is 0.412 e. The van der Waals surface area contributed by atoms with E-state index >= 15 is 0 Å². The van der Waals surface area contributed by atoms with Gasteiger partial charge in [-0.1, -0.05) is 82.4 Å². The molecule has 0 saturated carbocycles. The Morgan fingerprint density at radius 2 is 1.62 bits per heavy atom. The van der Waals surface area contributed by atoms with E-state index in [1.54, 1.807) is 0 Å². The van der Waals surface area contributed by atoms with Gasteiger partial charge in [-0.05, 0) is 39.3 Å². The van der Waals surface area contributed by atoms with E-state index in [0.717, 1.165) is 57.8 Å². The van der Waals surface area contributed by atoms with Gasteiger partial charge < -0.3 is 33.7 Å². The van der Waals surface area contributed by atoms with Gasteiger partial charge in [-0.2, -0.15) is 0 Å². The van der Waals surface area contributed by atoms with Crippen LogP contribution in [-0.4, -0.2) is 100 Å². The number of hydrogen-bond donors (Lipinski definition) is 2. The van der Waals surface area contributed by atoms with Gasteiger partial charge in [0.25, 0.3) is 0 Å². The monoisotopic (exact) mass is 633 g/mol. The summed E-state index contributed by atoms with van der Waals surface area (Å²) in [4.78, 5) is 15.5. The van der Waals surface area contributed by atoms with Crippen molar-refractivity contribution in [3.05, 3.63) is 29.8 Å². The number of carbonyl (C=O) groups excluding carboxylic acids is 1. The molecule has 0 radical (unpaired) electrons. The van der Waals surface area contributed by atoms with Gasteiger partial charge in [0, 0.05) is 45.0 Å². The van der Waals surface area contributed by atoms with Gasteiger partial charge in [-0.15, -0.1) is 0 Å². The van der Waals surface area contributed by atoms with E-state index in [1.165, 1.54) is 51.4 Å². The molecule has 3 aliphatic heterocycles. The molecule has 2 N–H and O–H groups in total. The summed E-state index contributed by atoms with van der Waals surface area (Å²) in [6.07, 6.45) is 10.4. The Morgan fingerprint density at radius 3 is 2.31 bits per heavy atom. The molecule has 1 aromatic rings. The summed E-state index contributed by atoms with van der Waals surface area (Å²) < 4.78 is 37.1. The normalized spacial score (nSPS) is 26.2. The first-order chi connectivity index (χ1) is 21.8. The van der Waals surface area contributed by atoms with Crippen molar-refractivity contribution in [3.63, 3.8) is 0 Å². The fourth-order valence-corrected chi connectivity index (χ4v) is 6.38. The van der Waals surface area contributed by atoms with Crippen LogP contribution in [0.5, 0.6) is 0 Å². The fraction of sp³-hybridized carbons (Fsp3) is 0.800. The number of aryl methyl sites for hydroxylation is 1. The van der Waals surface area contributed by atoms with Crippen molar-refractivity contribution in [1.82, 2.24) is 10.2 Å². The standard InChI is InChI=1S/C35H59N3O7/c1-5-6-7-8-9-10-11-12-13-14-23-41-27-35-32(44-34(3,4)45-35)31(42-33(39)37-29-17-15-28(2)16-18-29)30(43-35)26-36-19-20-38-21-24-40-25-22-38/h15-18,30-32,36H,5-14,19-27H2,1-4H3,(H,37,39)/t30-,31+,32-,35-/m0/s1. The number of ether oxygens (including phenoxy) is 6. The summed E-state index contributed by atoms with van der Waals surface area (Å²) in [5.74, 6) is -2.07. The van der Waals surface area contributed by atoms with Crippen LogP contribution in [-0.2, 0) is 28.4 Å². The lowest BCUT2D eigenvalue weighted by Crippen LogP contribution is -2.46. The van der Waals surface area contributed by atoms with E-state index in [2.05, 4.69) is 22.5 Å². The fourth-order valence-electron chi connectivity index (χ4n) is 6.38. The second-order valence-corrected chi connectivity index (χ2v) is 13.3. The van der Waals surface area contributed by atoms with Crippen molar-refractivity contribution >= 4 is 11.8 Å². The van der Waals surface area contributed by atoms with E-state index in [0.29, 0.717) is 18.8 Å². The summed E-state index contributed by atoms with van der Waals surface area (Å²) in [5.41, 5.74) is 1.78. The summed E-state index contributed by atoms with van der Waals surface area (Å²) in [6, 6.07) is 7.61. The molecular formula is C35H59N3O7. The molecule has 10 heteroatoms. The largest absolute Gasteiger partial charge is 0.440 e. The number of hydrogen-bond acceptors (Lipinski definition) is 9. The molecule has 3 aliphatic rings. The Kier molecular flexibility index (Phi) is 14.8. The summed E-state index contributed by atoms with van der Waals surface area (Å²) in [5, 5.41) is 6.35. The number of morpholine rings is 1. The van der Waals surface area contributed by atoms with E-state index in [4.69, 9.17) is 28.4 Å². The highest BCUT2D eigenvalue weighted by molar-refractivity contribution is 5.84. The van der Waals surface area contributed by atoms with Crippen LogP contribution in [0, 0.1) is 6.92 Å². The van der Waals surface area contributed by atoms with E-state index < -0.39 is 36.0 Å². The predicted molar refractivity (Wildman–Crippen MR) is 176 cm³/mol. The van der Waals surface area contributed by atoms with Crippen LogP contribution in [0.4, 0.5) is 10.5 Å². The lowest BCUT2D eigenvalue weighted by Gasteiger charge is -2.29. The first-order valence-corrected chi connectivity index (χ1v) is 17.5. The van der Waals surface area contributed by atoms with Crippen LogP contribution in [0.1, 0.15) is 90.5 Å². The van der Waals surface area contributed by atoms with Crippen molar-refractivity contribution in [2.45, 2.75) is 122 Å². The topological polar surface area (TPSA) is 99.8 Å². The lowest BCUT2D eigenvalue weighted by molar-refractivity contribution is -0.277. The number of rotatable bonds is 20. The van der Waals surface area contributed by atoms with E-state index in [-0.39, 0.29) is 6.61 Å². The van der Waals surface area contributed by atoms with Crippen LogP contribution in [0.3, 0.4) is 0 Å². The molecule has 45 heavy (non-hydrogen) atoms. The highest BCUT2D eigenvalue weighted by Crippen LogP contribution is 2.46. The van der Waals surface area contributed by atoms with Gasteiger partial charge in [0.05, 0.1) is 13.2 Å². The molecule has 0 spiro atoms. The number of anilines is 1. The van der Waals surface area contributed by atoms with Crippen LogP contribution in [0.15, 0.2) is 24.3 Å². The lowest BCUT2D eigenvalue weighted by atomic mass is 10.1. The maximum Gasteiger partial charge on any atom is 0.412 e. The van der Waals surface area contributed by atoms with E-state index in [1.807, 2.05) is 45.0 Å². The molecule has 3 fully saturated rings. The van der Waals surface area contributed by atoms with Gasteiger partial charge in [-0.25, -0.2) is 4.79 Å². The van der Waals surface area contributed by atoms with Gasteiger partial charge in [0.1, 0.15) is 12.7 Å². The molecule has 0 unspecified atom stereocenters. The molecule has 3 saturated heterocycles. The zero-order valence-electron chi connectivity index (χ0n) is 28.3. The average molecular weight is 634 g/mol. The summed E-state index contributed by atoms with van der Waals surface area (Å²) in [7, 11) is 0. The highest BCUT2D eigenvalue weighted by Gasteiger charge is 2.66. The third kappa shape index (κ3) is 11.8. The Labute approximate surface area is 271 Å². The molecule has 10 nitrogen and oxygen atoms in total. The first-order valence-electron chi connectivity index (χ1n) is 17.5. The van der Waals surface area contributed by atoms with E-state index in [9.17, 15) is 4.79 Å². The summed E-state index contributed by atoms with van der Waals surface area (Å²) in [6.45, 7) is 14.4. The molecule has 1 aromatic carbocycles. The SMILES string of the molecule is CCCCCCCCCCCCOC[C@@]12O[C@@H](CNCCN3CCOCC3)[C@@H](OC(=O)Nc3ccc(C)cc3)[C@@H]1OC(C)(C)O2. The number of fused-ring (bicyclic) bond motifs is 1. The third-order valence-electron chi connectivity index (χ3n) is 8.82. The molecular weight excluding hydrogens is 574 g/mol. The summed E-state index contributed by atoms with van der Waals surface area (Å²) >= 11 is 0. The maximum atomic E-state index is 13.1. The number of carbonyl (C=O) groups is 1. The molecule has 0 bridgehead atoms. The van der Waals surface area contributed by atoms with Crippen molar-refractivity contribution in [3.8, 4) is 0 Å². The Hall–Kier alpha value is -1.79. The Morgan fingerprint density at radius 1 is 0.956 bits per heavy atom. The van der Waals surface area contributed by atoms with Crippen LogP contribution in [0.25, 0.3) is 0 Å². The quantitative estimate of drug-likeness (QED) is 0.167. The second kappa shape index (κ2) is 18.5. The number of nitrogens with one attached hydrogen (secondary N) is 2. The van der Waals surface area contributed by atoms with Gasteiger partial charge in [0.2, 0.25) is 5.79 Å². The van der Waals surface area contributed by atoms with Crippen molar-refractivity contribution in [2.75, 3.05) is 64.5 Å². The molecule has 256 valence electrons. The average Bonchev–Trinajstić information content (AvgIpc) is 3.43. The Balaban J connectivity index is 1.29. The molecule has 4 rings (SSSR count). The van der Waals surface area contributed by atoms with Crippen LogP contribution in [0.2, 0.25) is 0 Å². The number of nitrogens with zero attached hydrogens (tertiary/aromatic N) is 1. The Bertz CT molecular complexity index is 988. The van der Waals surface area contributed by atoms with Gasteiger partial charge in [-0.3, -0.25) is 10.2 Å². The number of benzene rings is 1. The van der Waals surface area contributed by atoms with Crippen molar-refractivity contribution < 1.29 is 33.2 Å². The van der Waals surface area contributed by atoms with Crippen molar-refractivity contribution in [2.24, 2.45) is 0 Å². The molecule has 0 aromatic heterocycles. The zero-order chi connectivity index (χ0) is 32.0. The molecule has 0 aliphatic carbocycles. The molecule has 3 heterocycles. The van der Waals surface area contributed by atoms with Crippen LogP contribution < -0.4 is 10.6 Å². The highest BCUT2D eigenvalue weighted by atomic mass is 16.9. The number of unbranched alkanes of at least 4 members (excludes halogenated alkanes) is 9. The van der Waals surface area contributed by atoms with Crippen LogP contribution >= 0.6 is 0 Å². The predicted octanol–water partition coefficient (Wildman–Crippen LogP) is 6.02. The minimum absolute atomic E-state index is 0.211. The third-order valence-corrected chi connectivity index (χ3v) is 8.82. The maximum absolute atomic E-state index is 13.1. The number of amides is 1. The minimum atomic E-state index is -1.16. The van der Waals surface area contributed by atoms with Gasteiger partial charge in [0.15, 0.2) is 18.0 Å².